The highest BCUT2D eigenvalue weighted by molar-refractivity contribution is 6.30. The number of hydrogen-bond donors (Lipinski definition) is 2. The minimum absolute atomic E-state index is 0.0148. The van der Waals surface area contributed by atoms with Gasteiger partial charge >= 0.3 is 5.97 Å². The molecule has 0 aliphatic carbocycles. The summed E-state index contributed by atoms with van der Waals surface area (Å²) in [6, 6.07) is 8.82. The molecule has 0 aliphatic rings. The number of carbonyl (C=O) groups excluding carboxylic acids is 3. The molecule has 0 bridgehead atoms. The van der Waals surface area contributed by atoms with E-state index in [4.69, 9.17) is 11.6 Å². The maximum absolute atomic E-state index is 13.0. The average Bonchev–Trinajstić information content (AvgIpc) is 2.61. The molecule has 26 heavy (non-hydrogen) atoms. The number of halogens is 3. The topological polar surface area (TPSA) is 84.5 Å². The molecule has 0 spiro atoms. The summed E-state index contributed by atoms with van der Waals surface area (Å²) in [7, 11) is 0. The summed E-state index contributed by atoms with van der Waals surface area (Å²) in [6.07, 6.45) is 0. The number of benzene rings is 2. The van der Waals surface area contributed by atoms with E-state index in [1.807, 2.05) is 0 Å². The maximum Gasteiger partial charge on any atom is 0.325 e. The van der Waals surface area contributed by atoms with Crippen LogP contribution in [-0.4, -0.2) is 30.9 Å². The zero-order valence-corrected chi connectivity index (χ0v) is 14.0. The molecule has 0 saturated heterocycles. The molecule has 2 aromatic rings. The molecule has 0 atom stereocenters. The van der Waals surface area contributed by atoms with Crippen molar-refractivity contribution in [2.45, 2.75) is 0 Å². The van der Waals surface area contributed by atoms with Crippen LogP contribution in [0.2, 0.25) is 5.02 Å². The first-order valence-electron chi connectivity index (χ1n) is 7.29. The summed E-state index contributed by atoms with van der Waals surface area (Å²) in [5.41, 5.74) is 0.319. The Morgan fingerprint density at radius 2 is 1.69 bits per heavy atom. The number of anilines is 1. The predicted octanol–water partition coefficient (Wildman–Crippen LogP) is 2.53. The highest BCUT2D eigenvalue weighted by atomic mass is 35.5. The van der Waals surface area contributed by atoms with E-state index in [0.29, 0.717) is 10.6 Å². The molecule has 0 saturated carbocycles. The lowest BCUT2D eigenvalue weighted by atomic mass is 10.2. The Morgan fingerprint density at radius 3 is 2.35 bits per heavy atom. The van der Waals surface area contributed by atoms with Crippen molar-refractivity contribution in [2.24, 2.45) is 0 Å². The van der Waals surface area contributed by atoms with Gasteiger partial charge in [-0.1, -0.05) is 11.6 Å². The highest BCUT2D eigenvalue weighted by Crippen LogP contribution is 2.13. The molecule has 0 fully saturated rings. The van der Waals surface area contributed by atoms with Crippen LogP contribution in [0.5, 0.6) is 0 Å². The van der Waals surface area contributed by atoms with E-state index in [9.17, 15) is 23.2 Å². The van der Waals surface area contributed by atoms with Crippen molar-refractivity contribution in [3.8, 4) is 0 Å². The van der Waals surface area contributed by atoms with E-state index < -0.39 is 42.6 Å². The smallest absolute Gasteiger partial charge is 0.325 e. The molecule has 2 amide bonds. The summed E-state index contributed by atoms with van der Waals surface area (Å²) in [5, 5.41) is 5.03. The summed E-state index contributed by atoms with van der Waals surface area (Å²) in [6.45, 7) is -1.09. The molecule has 9 heteroatoms. The van der Waals surface area contributed by atoms with Crippen LogP contribution in [0.15, 0.2) is 42.5 Å². The summed E-state index contributed by atoms with van der Waals surface area (Å²) >= 11 is 5.71. The Labute approximate surface area is 152 Å². The Bertz CT molecular complexity index is 828. The maximum atomic E-state index is 13.0. The van der Waals surface area contributed by atoms with Gasteiger partial charge in [-0.05, 0) is 36.4 Å². The van der Waals surface area contributed by atoms with Gasteiger partial charge in [0.25, 0.3) is 11.8 Å². The van der Waals surface area contributed by atoms with Gasteiger partial charge in [-0.2, -0.15) is 0 Å². The normalized spacial score (nSPS) is 10.1. The number of hydrogen-bond acceptors (Lipinski definition) is 4. The molecule has 0 radical (unpaired) electrons. The quantitative estimate of drug-likeness (QED) is 0.752. The fraction of sp³-hybridized carbons (Fsp3) is 0.118. The number of rotatable bonds is 6. The Morgan fingerprint density at radius 1 is 1.00 bits per heavy atom. The van der Waals surface area contributed by atoms with Crippen LogP contribution in [0, 0.1) is 11.6 Å². The lowest BCUT2D eigenvalue weighted by Crippen LogP contribution is -2.32. The molecule has 0 unspecified atom stereocenters. The number of nitrogens with one attached hydrogen (secondary N) is 2. The minimum atomic E-state index is -1.12. The van der Waals surface area contributed by atoms with Crippen LogP contribution in [0.25, 0.3) is 0 Å². The van der Waals surface area contributed by atoms with E-state index in [1.165, 1.54) is 24.3 Å². The first-order chi connectivity index (χ1) is 12.3. The fourth-order valence-electron chi connectivity index (χ4n) is 1.82. The number of carbonyl (C=O) groups is 3. The molecular weight excluding hydrogens is 370 g/mol. The summed E-state index contributed by atoms with van der Waals surface area (Å²) < 4.78 is 30.5. The van der Waals surface area contributed by atoms with Crippen molar-refractivity contribution in [1.82, 2.24) is 5.32 Å². The van der Waals surface area contributed by atoms with Gasteiger partial charge < -0.3 is 15.4 Å². The van der Waals surface area contributed by atoms with Crippen molar-refractivity contribution >= 4 is 35.1 Å². The van der Waals surface area contributed by atoms with E-state index in [2.05, 4.69) is 15.4 Å². The molecule has 2 N–H and O–H groups in total. The van der Waals surface area contributed by atoms with Crippen LogP contribution in [-0.2, 0) is 14.3 Å². The third kappa shape index (κ3) is 5.82. The Balaban J connectivity index is 1.73. The number of amides is 2. The third-order valence-electron chi connectivity index (χ3n) is 3.07. The lowest BCUT2D eigenvalue weighted by molar-refractivity contribution is -0.146. The van der Waals surface area contributed by atoms with Crippen LogP contribution in [0.3, 0.4) is 0 Å². The van der Waals surface area contributed by atoms with Crippen molar-refractivity contribution in [3.63, 3.8) is 0 Å². The molecule has 0 aliphatic heterocycles. The second kappa shape index (κ2) is 8.91. The van der Waals surface area contributed by atoms with Gasteiger partial charge in [0.05, 0.1) is 0 Å². The Hall–Kier alpha value is -3.00. The SMILES string of the molecule is O=C(COC(=O)CNC(=O)c1ccc(Cl)cc1)Nc1ccc(F)c(F)c1. The predicted molar refractivity (Wildman–Crippen MR) is 89.7 cm³/mol. The molecule has 2 rings (SSSR count). The first-order valence-corrected chi connectivity index (χ1v) is 7.67. The average molecular weight is 383 g/mol. The van der Waals surface area contributed by atoms with Gasteiger partial charge in [0.15, 0.2) is 18.2 Å². The fourth-order valence-corrected chi connectivity index (χ4v) is 1.95. The van der Waals surface area contributed by atoms with E-state index in [-0.39, 0.29) is 5.69 Å². The molecule has 6 nitrogen and oxygen atoms in total. The molecule has 2 aromatic carbocycles. The van der Waals surface area contributed by atoms with E-state index >= 15 is 0 Å². The number of esters is 1. The largest absolute Gasteiger partial charge is 0.454 e. The second-order valence-electron chi connectivity index (χ2n) is 5.03. The number of ether oxygens (including phenoxy) is 1. The van der Waals surface area contributed by atoms with Crippen molar-refractivity contribution in [2.75, 3.05) is 18.5 Å². The zero-order valence-electron chi connectivity index (χ0n) is 13.2. The minimum Gasteiger partial charge on any atom is -0.454 e. The van der Waals surface area contributed by atoms with Crippen LogP contribution < -0.4 is 10.6 Å². The second-order valence-corrected chi connectivity index (χ2v) is 5.46. The van der Waals surface area contributed by atoms with Crippen LogP contribution in [0.1, 0.15) is 10.4 Å². The standard InChI is InChI=1S/C17H13ClF2N2O4/c18-11-3-1-10(2-4-11)17(25)21-8-16(24)26-9-15(23)22-12-5-6-13(19)14(20)7-12/h1-7H,8-9H2,(H,21,25)(H,22,23). The lowest BCUT2D eigenvalue weighted by Gasteiger charge is -2.08. The Kier molecular flexibility index (Phi) is 6.62. The van der Waals surface area contributed by atoms with Crippen LogP contribution in [0.4, 0.5) is 14.5 Å². The van der Waals surface area contributed by atoms with Gasteiger partial charge in [-0.3, -0.25) is 14.4 Å². The monoisotopic (exact) mass is 382 g/mol. The third-order valence-corrected chi connectivity index (χ3v) is 3.32. The first kappa shape index (κ1) is 19.3. The van der Waals surface area contributed by atoms with E-state index in [0.717, 1.165) is 18.2 Å². The molecule has 0 aromatic heterocycles. The molecule has 0 heterocycles. The van der Waals surface area contributed by atoms with Crippen LogP contribution >= 0.6 is 11.6 Å². The van der Waals surface area contributed by atoms with Gasteiger partial charge in [-0.15, -0.1) is 0 Å². The molecule has 136 valence electrons. The summed E-state index contributed by atoms with van der Waals surface area (Å²) in [4.78, 5) is 34.9. The van der Waals surface area contributed by atoms with Gasteiger partial charge in [0.1, 0.15) is 6.54 Å². The molecular formula is C17H13ClF2N2O4. The van der Waals surface area contributed by atoms with E-state index in [1.54, 1.807) is 0 Å². The van der Waals surface area contributed by atoms with Gasteiger partial charge in [0.2, 0.25) is 0 Å². The highest BCUT2D eigenvalue weighted by Gasteiger charge is 2.12. The van der Waals surface area contributed by atoms with Crippen molar-refractivity contribution in [1.29, 1.82) is 0 Å². The zero-order chi connectivity index (χ0) is 19.1. The summed E-state index contributed by atoms with van der Waals surface area (Å²) in [5.74, 6) is -4.26. The van der Waals surface area contributed by atoms with Gasteiger partial charge in [-0.25, -0.2) is 8.78 Å². The van der Waals surface area contributed by atoms with Crippen molar-refractivity contribution in [3.05, 3.63) is 64.7 Å². The van der Waals surface area contributed by atoms with Gasteiger partial charge in [0, 0.05) is 22.3 Å². The van der Waals surface area contributed by atoms with Crippen molar-refractivity contribution < 1.29 is 27.9 Å².